The molecule has 0 aliphatic rings. The molecule has 0 fully saturated rings. The quantitative estimate of drug-likeness (QED) is 0.329. The van der Waals surface area contributed by atoms with E-state index in [4.69, 9.17) is 33.4 Å². The topological polar surface area (TPSA) is 155 Å². The molecule has 0 aromatic rings. The molecule has 0 heterocycles. The minimum atomic E-state index is -5.75. The summed E-state index contributed by atoms with van der Waals surface area (Å²) < 4.78 is 66.0. The van der Waals surface area contributed by atoms with Crippen molar-refractivity contribution in [3.63, 3.8) is 0 Å². The van der Waals surface area contributed by atoms with Gasteiger partial charge in [0.05, 0.1) is 0 Å². The van der Waals surface area contributed by atoms with Crippen LogP contribution in [0.3, 0.4) is 0 Å². The van der Waals surface area contributed by atoms with E-state index >= 15 is 0 Å². The molecule has 64 valence electrons. The van der Waals surface area contributed by atoms with Crippen LogP contribution in [0.15, 0.2) is 0 Å². The monoisotopic (exact) mass is 292 g/mol. The van der Waals surface area contributed by atoms with Gasteiger partial charge in [-0.3, -0.25) is 9.11 Å². The molecule has 0 aliphatic carbocycles. The fraction of sp³-hybridized carbons (Fsp3) is 0. The first-order valence-corrected chi connectivity index (χ1v) is 4.84. The normalized spacial score (nSPS) is 9.67. The third-order valence-electron chi connectivity index (χ3n) is 0. The van der Waals surface area contributed by atoms with Crippen LogP contribution in [-0.2, 0) is 31.6 Å². The van der Waals surface area contributed by atoms with Gasteiger partial charge in [0.2, 0.25) is 0 Å². The first-order valence-electron chi connectivity index (χ1n) is 1.37. The van der Waals surface area contributed by atoms with Crippen molar-refractivity contribution in [3.05, 3.63) is 0 Å². The van der Waals surface area contributed by atoms with E-state index in [0.717, 1.165) is 0 Å². The zero-order chi connectivity index (χ0) is 9.00. The van der Waals surface area contributed by atoms with Crippen molar-refractivity contribution in [3.8, 4) is 0 Å². The Morgan fingerprint density at radius 2 is 1.00 bits per heavy atom. The molecule has 0 amide bonds. The molecule has 0 atom stereocenters. The number of hydrogen-bond donors (Lipinski definition) is 2. The van der Waals surface area contributed by atoms with Crippen LogP contribution in [0, 0.1) is 0 Å². The molecule has 0 bridgehead atoms. The Hall–Kier alpha value is 3.20. The first kappa shape index (κ1) is 24.4. The summed E-state index contributed by atoms with van der Waals surface area (Å²) in [5.41, 5.74) is 0. The molecule has 0 unspecified atom stereocenters. The molecule has 12 heteroatoms. The molecule has 2 N–H and O–H groups in total. The second-order valence-corrected chi connectivity index (χ2v) is 3.03. The van der Waals surface area contributed by atoms with Gasteiger partial charge in [0.1, 0.15) is 0 Å². The van der Waals surface area contributed by atoms with Crippen LogP contribution in [-0.4, -0.2) is 17.5 Å². The van der Waals surface area contributed by atoms with E-state index in [2.05, 4.69) is 0 Å². The van der Waals surface area contributed by atoms with E-state index in [1.165, 1.54) is 0 Å². The summed E-state index contributed by atoms with van der Waals surface area (Å²) in [5.74, 6) is 0. The van der Waals surface area contributed by atoms with E-state index in [0.29, 0.717) is 0 Å². The van der Waals surface area contributed by atoms with Crippen LogP contribution in [0.5, 0.6) is 0 Å². The van der Waals surface area contributed by atoms with Crippen LogP contribution in [0.2, 0.25) is 0 Å². The minimum absolute atomic E-state index is 0. The first-order chi connectivity index (χ1) is 4.00. The van der Waals surface area contributed by atoms with E-state index < -0.39 is 24.0 Å². The molecule has 8 nitrogen and oxygen atoms in total. The van der Waals surface area contributed by atoms with Gasteiger partial charge in [0, 0.05) is 0 Å². The predicted molar refractivity (Wildman–Crippen MR) is 15.6 cm³/mol. The molecule has 0 spiro atoms. The zero-order valence-electron chi connectivity index (χ0n) is 6.16. The second-order valence-electron chi connectivity index (χ2n) is 0.856. The van der Waals surface area contributed by atoms with Crippen molar-refractivity contribution in [1.82, 2.24) is 0 Å². The van der Waals surface area contributed by atoms with Gasteiger partial charge < -0.3 is 0 Å². The summed E-state index contributed by atoms with van der Waals surface area (Å²) in [6, 6.07) is 0. The Labute approximate surface area is 156 Å². The maximum absolute atomic E-state index is 8.74. The van der Waals surface area contributed by atoms with Crippen LogP contribution >= 0.6 is 0 Å². The average Bonchev–Trinajstić information content (AvgIpc) is 1.12. The Morgan fingerprint density at radius 1 is 1.00 bits per heavy atom. The van der Waals surface area contributed by atoms with Crippen LogP contribution in [0.25, 0.3) is 0 Å². The molecule has 0 radical (unpaired) electrons. The van der Waals surface area contributed by atoms with E-state index in [-0.39, 0.29) is 103 Å². The van der Waals surface area contributed by atoms with Crippen molar-refractivity contribution < 1.29 is 150 Å². The fourth-order valence-electron chi connectivity index (χ4n) is 0. The second kappa shape index (κ2) is 10.7. The SMILES string of the molecule is O=S(=O)(O)O.[K+].[K+].[O]=[Cr](=[O])([O-])[O-]. The molecule has 0 aromatic carbocycles. The molecule has 0 rings (SSSR count). The fourth-order valence-corrected chi connectivity index (χ4v) is 0. The third-order valence-corrected chi connectivity index (χ3v) is 0. The van der Waals surface area contributed by atoms with Gasteiger partial charge in [-0.1, -0.05) is 0 Å². The molecule has 0 saturated carbocycles. The van der Waals surface area contributed by atoms with Crippen molar-refractivity contribution in [2.24, 2.45) is 0 Å². The summed E-state index contributed by atoms with van der Waals surface area (Å²) in [5, 5.41) is 0. The van der Waals surface area contributed by atoms with Crippen LogP contribution in [0.1, 0.15) is 0 Å². The molecular weight excluding hydrogens is 290 g/mol. The molecular formula is H2CrK2O8S. The van der Waals surface area contributed by atoms with Crippen molar-refractivity contribution in [1.29, 1.82) is 0 Å². The maximum atomic E-state index is 8.74. The predicted octanol–water partition coefficient (Wildman–Crippen LogP) is -9.26. The molecule has 12 heavy (non-hydrogen) atoms. The van der Waals surface area contributed by atoms with Gasteiger partial charge >= 0.3 is 143 Å². The summed E-state index contributed by atoms with van der Waals surface area (Å²) in [7, 11) is -4.67. The van der Waals surface area contributed by atoms with Crippen LogP contribution < -0.4 is 111 Å². The molecule has 0 aliphatic heterocycles. The summed E-state index contributed by atoms with van der Waals surface area (Å²) in [4.78, 5) is 0. The number of rotatable bonds is 0. The van der Waals surface area contributed by atoms with Gasteiger partial charge in [0.25, 0.3) is 0 Å². The van der Waals surface area contributed by atoms with Gasteiger partial charge in [-0.25, -0.2) is 0 Å². The molecule has 0 aromatic heterocycles. The van der Waals surface area contributed by atoms with Gasteiger partial charge in [0.15, 0.2) is 0 Å². The number of hydrogen-bond acceptors (Lipinski definition) is 6. The summed E-state index contributed by atoms with van der Waals surface area (Å²) in [6.07, 6.45) is 0. The van der Waals surface area contributed by atoms with Gasteiger partial charge in [-0.2, -0.15) is 8.42 Å². The third kappa shape index (κ3) is 192. The zero-order valence-corrected chi connectivity index (χ0v) is 14.5. The average molecular weight is 292 g/mol. The van der Waals surface area contributed by atoms with Crippen LogP contribution in [0.4, 0.5) is 0 Å². The Balaban J connectivity index is -0.0000000457. The Kier molecular flexibility index (Phi) is 21.8. The van der Waals surface area contributed by atoms with Gasteiger partial charge in [-0.15, -0.1) is 0 Å². The van der Waals surface area contributed by atoms with E-state index in [1.807, 2.05) is 0 Å². The van der Waals surface area contributed by atoms with Crippen molar-refractivity contribution in [2.45, 2.75) is 0 Å². The molecule has 0 saturated heterocycles. The standard InChI is InChI=1S/Cr.2K.H2O4S.4O/c;;;1-5(2,3)4;;;;/h;;;(H2,1,2,3,4);;;;/q;2*+1;;;;2*-1. The van der Waals surface area contributed by atoms with Crippen molar-refractivity contribution >= 4 is 10.4 Å². The summed E-state index contributed by atoms with van der Waals surface area (Å²) in [6.45, 7) is 0. The van der Waals surface area contributed by atoms with Gasteiger partial charge in [-0.05, 0) is 0 Å². The summed E-state index contributed by atoms with van der Waals surface area (Å²) >= 11 is -5.75. The van der Waals surface area contributed by atoms with E-state index in [1.54, 1.807) is 0 Å². The van der Waals surface area contributed by atoms with Crippen molar-refractivity contribution in [2.75, 3.05) is 0 Å². The Morgan fingerprint density at radius 3 is 1.00 bits per heavy atom. The van der Waals surface area contributed by atoms with E-state index in [9.17, 15) is 0 Å². The Bertz CT molecular complexity index is 213.